The van der Waals surface area contributed by atoms with Crippen molar-refractivity contribution in [3.63, 3.8) is 0 Å². The van der Waals surface area contributed by atoms with E-state index in [1.165, 1.54) is 0 Å². The number of allylic oxidation sites excluding steroid dienone is 1. The molecule has 0 aromatic rings. The van der Waals surface area contributed by atoms with Crippen molar-refractivity contribution in [2.45, 2.75) is 47.4 Å². The second kappa shape index (κ2) is 47.4. The summed E-state index contributed by atoms with van der Waals surface area (Å²) in [5.41, 5.74) is 0. The van der Waals surface area contributed by atoms with Crippen LogP contribution in [0.15, 0.2) is 38.0 Å². The number of alkyl halides is 16. The van der Waals surface area contributed by atoms with Crippen LogP contribution in [0.5, 0.6) is 0 Å². The van der Waals surface area contributed by atoms with Gasteiger partial charge in [-0.15, -0.1) is 0 Å². The molecule has 0 heterocycles. The number of hydrogen-bond acceptors (Lipinski definition) is 7. The second-order valence-electron chi connectivity index (χ2n) is 7.77. The average molecular weight is 1720 g/mol. The molecule has 0 aliphatic carbocycles. The molecule has 7 nitrogen and oxygen atoms in total. The summed E-state index contributed by atoms with van der Waals surface area (Å²) in [4.78, 5) is 30.3. The third kappa shape index (κ3) is 36.1. The van der Waals surface area contributed by atoms with E-state index < -0.39 is 91.0 Å². The van der Waals surface area contributed by atoms with Crippen LogP contribution in [0.1, 0.15) is 0 Å². The maximum absolute atomic E-state index is 13.3. The largest absolute Gasteiger partial charge is 0 e. The Morgan fingerprint density at radius 1 is 0.467 bits per heavy atom. The molecular formula is C21H20ClF16I3O7V12+. The Hall–Kier alpha value is 6.12. The molecular weight excluding hydrogens is 1700 g/mol. The monoisotopic (exact) mass is 1720 g/mol. The van der Waals surface area contributed by atoms with Crippen molar-refractivity contribution < 1.29 is 325 Å². The van der Waals surface area contributed by atoms with E-state index in [0.29, 0.717) is 0 Å². The third-order valence-electron chi connectivity index (χ3n) is 4.31. The Morgan fingerprint density at radius 2 is 0.617 bits per heavy atom. The van der Waals surface area contributed by atoms with Gasteiger partial charge < -0.3 is 19.7 Å². The molecule has 0 unspecified atom stereocenters. The summed E-state index contributed by atoms with van der Waals surface area (Å²) in [5, 5.41) is 15.1. The van der Waals surface area contributed by atoms with E-state index in [1.807, 2.05) is 0 Å². The Labute approximate surface area is 505 Å². The predicted octanol–water partition coefficient (Wildman–Crippen LogP) is 7.11. The standard InChI is InChI=1S/C12H10F8O4.C6H6F8O2.C3H4ClO.3HI.12V/c1-3-7(21)23-5-9(13,14)11(17,18)12(19,20)10(15,16)6-24-8(22)4-2;7-3(8,1-15)5(11,12)6(13,14)4(9,10)2-16;1-2-3(4)5;;;;;;;;;;;;;;;/h3-4H,1-2,5-6H2;15-16H,1-2H2;2,4H,1H2;3*1H;;;;;;;;;;;;/q;;+1;;;;;;;;;;;;;;;+3/p-3. The summed E-state index contributed by atoms with van der Waals surface area (Å²) in [6.45, 7) is -2.13. The number of rotatable bonds is 15. The predicted molar refractivity (Wildman–Crippen MR) is 155 cm³/mol. The molecule has 2 N–H and O–H groups in total. The van der Waals surface area contributed by atoms with Crippen molar-refractivity contribution in [2.24, 2.45) is 0 Å². The first-order valence-electron chi connectivity index (χ1n) is 11.0. The molecule has 0 spiro atoms. The van der Waals surface area contributed by atoms with Crippen molar-refractivity contribution in [2.75, 3.05) is 26.4 Å². The fourth-order valence-corrected chi connectivity index (χ4v) is 1.74. The number of hydrogen-bond donors (Lipinski definition) is 2. The number of esters is 2. The van der Waals surface area contributed by atoms with Crippen LogP contribution in [0.4, 0.5) is 70.2 Å². The van der Waals surface area contributed by atoms with Crippen molar-refractivity contribution >= 4 is 77.1 Å². The van der Waals surface area contributed by atoms with Crippen LogP contribution in [0.25, 0.3) is 0 Å². The van der Waals surface area contributed by atoms with Crippen LogP contribution < -0.4 is 0 Å². The van der Waals surface area contributed by atoms with Gasteiger partial charge in [0.05, 0.1) is 0 Å². The summed E-state index contributed by atoms with van der Waals surface area (Å²) in [6, 6.07) is 0. The van der Waals surface area contributed by atoms with Crippen molar-refractivity contribution in [3.05, 3.63) is 38.0 Å². The molecule has 11 radical (unpaired) electrons. The minimum absolute atomic E-state index is 0. The molecule has 60 heavy (non-hydrogen) atoms. The zero-order valence-electron chi connectivity index (χ0n) is 28.1. The van der Waals surface area contributed by atoms with Gasteiger partial charge in [0.25, 0.3) is 0 Å². The molecule has 0 aromatic heterocycles. The van der Waals surface area contributed by atoms with Gasteiger partial charge in [0, 0.05) is 222 Å². The van der Waals surface area contributed by atoms with Gasteiger partial charge in [-0.05, 0) is 0 Å². The molecule has 345 valence electrons. The Morgan fingerprint density at radius 3 is 0.733 bits per heavy atom. The maximum Gasteiger partial charge on any atom is 0 e. The molecule has 0 rings (SSSR count). The second-order valence-corrected chi connectivity index (χ2v) is 43.5. The van der Waals surface area contributed by atoms with Crippen LogP contribution in [-0.4, -0.2) is 101 Å². The Balaban J connectivity index is -0.0000000383. The van der Waals surface area contributed by atoms with E-state index >= 15 is 0 Å². The minimum atomic E-state index is -6.65. The van der Waals surface area contributed by atoms with Crippen LogP contribution in [0.2, 0.25) is 0 Å². The number of carbonyl (C=O) groups is 3. The van der Waals surface area contributed by atoms with E-state index in [2.05, 4.69) is 101 Å². The number of aliphatic hydroxyl groups is 2. The molecule has 0 amide bonds. The fraction of sp³-hybridized carbons (Fsp3) is 0.571. The summed E-state index contributed by atoms with van der Waals surface area (Å²) in [6.07, 6.45) is 1.61. The summed E-state index contributed by atoms with van der Waals surface area (Å²) in [7, 11) is 0. The Bertz CT molecular complexity index is 1080. The average Bonchev–Trinajstić information content (AvgIpc) is 2.98. The topological polar surface area (TPSA) is 110 Å². The zero-order chi connectivity index (χ0) is 40.7. The molecule has 0 saturated heterocycles. The molecule has 0 atom stereocenters. The first kappa shape index (κ1) is 107. The molecule has 0 saturated carbocycles. The third-order valence-corrected chi connectivity index (χ3v) is 4.48. The summed E-state index contributed by atoms with van der Waals surface area (Å²) < 4.78 is 211. The summed E-state index contributed by atoms with van der Waals surface area (Å²) in [5.74, 6) is -52.8. The quantitative estimate of drug-likeness (QED) is 0.0593. The van der Waals surface area contributed by atoms with Crippen LogP contribution in [-0.2, 0) is 233 Å². The number of aliphatic hydroxyl groups excluding tert-OH is 2. The van der Waals surface area contributed by atoms with Gasteiger partial charge in [-0.1, -0.05) is 19.7 Å². The Kier molecular flexibility index (Phi) is 84.9. The van der Waals surface area contributed by atoms with Gasteiger partial charge in [-0.2, -0.15) is 70.2 Å². The number of carbonyl (C=O) groups excluding carboxylic acids is 3. The van der Waals surface area contributed by atoms with E-state index in [0.717, 1.165) is 6.08 Å². The van der Waals surface area contributed by atoms with Gasteiger partial charge >= 0.3 is 129 Å². The smallest absolute Gasteiger partial charge is 0 e. The van der Waals surface area contributed by atoms with Gasteiger partial charge in [0.1, 0.15) is 13.2 Å². The molecule has 0 fully saturated rings. The SMILES string of the molecule is C=CC(=O)OCC(F)(F)C(F)(F)C(F)(F)C(F)(F)COC(=O)C=C.C=CC(=O)[ClH+].OCC(F)(F)C(F)(F)C(F)(F)C(F)(F)CO.[I][V]([I])[I].[V].[V].[V].[V].[V].[V].[V].[V].[V].[V].[V]. The van der Waals surface area contributed by atoms with E-state index in [1.54, 1.807) is 0 Å². The fourth-order valence-electron chi connectivity index (χ4n) is 1.74. The number of ether oxygens (including phenoxy) is 2. The zero-order valence-corrected chi connectivity index (χ0v) is 52.1. The van der Waals surface area contributed by atoms with E-state index in [4.69, 9.17) is 10.2 Å². The summed E-state index contributed by atoms with van der Waals surface area (Å²) >= 11 is 11.4. The molecule has 39 heteroatoms. The van der Waals surface area contributed by atoms with Crippen LogP contribution >= 0.6 is 59.9 Å². The normalized spacial score (nSPS) is 10.5. The van der Waals surface area contributed by atoms with Gasteiger partial charge in [0.2, 0.25) is 0 Å². The van der Waals surface area contributed by atoms with Crippen LogP contribution in [0.3, 0.4) is 0 Å². The number of halogens is 20. The van der Waals surface area contributed by atoms with Crippen molar-refractivity contribution in [1.29, 1.82) is 0 Å². The van der Waals surface area contributed by atoms with Crippen molar-refractivity contribution in [3.8, 4) is 0 Å². The maximum atomic E-state index is 13.3. The van der Waals surface area contributed by atoms with E-state index in [-0.39, 0.29) is 221 Å². The first-order valence-corrected chi connectivity index (χ1v) is 24.9. The molecule has 0 aromatic carbocycles. The van der Waals surface area contributed by atoms with Crippen LogP contribution in [0, 0.1) is 11.6 Å². The van der Waals surface area contributed by atoms with Gasteiger partial charge in [-0.25, -0.2) is 14.4 Å². The molecule has 0 aliphatic heterocycles. The van der Waals surface area contributed by atoms with Gasteiger partial charge in [-0.3, -0.25) is 0 Å². The van der Waals surface area contributed by atoms with Crippen molar-refractivity contribution in [1.82, 2.24) is 0 Å². The van der Waals surface area contributed by atoms with Gasteiger partial charge in [0.15, 0.2) is 24.8 Å². The minimum Gasteiger partial charge on any atom is 0 e. The molecule has 0 bridgehead atoms. The first-order chi connectivity index (χ1) is 21.5. The van der Waals surface area contributed by atoms with E-state index in [9.17, 15) is 84.6 Å². The molecule has 0 aliphatic rings.